The molecule has 2 N–H and O–H groups in total. The molecule has 0 saturated carbocycles. The van der Waals surface area contributed by atoms with Crippen molar-refractivity contribution < 1.29 is 20.1 Å². The molecule has 16 heavy (non-hydrogen) atoms. The van der Waals surface area contributed by atoms with Crippen LogP contribution in [0, 0.1) is 25.6 Å². The lowest BCUT2D eigenvalue weighted by atomic mass is 10.2. The van der Waals surface area contributed by atoms with Crippen LogP contribution in [0.15, 0.2) is 6.07 Å². The Bertz CT molecular complexity index is 533. The van der Waals surface area contributed by atoms with E-state index in [1.807, 2.05) is 0 Å². The Morgan fingerprint density at radius 2 is 1.75 bits per heavy atom. The molecule has 82 valence electrons. The molecule has 0 amide bonds. The maximum Gasteiger partial charge on any atom is 0.437 e. The number of aromatic hydroxyl groups is 2. The molecule has 0 heterocycles. The van der Waals surface area contributed by atoms with Gasteiger partial charge >= 0.3 is 17.1 Å². The minimum Gasteiger partial charge on any atom is -0.499 e. The van der Waals surface area contributed by atoms with Gasteiger partial charge in [-0.1, -0.05) is 0 Å². The van der Waals surface area contributed by atoms with Gasteiger partial charge in [-0.3, -0.25) is 20.2 Å². The second kappa shape index (κ2) is 3.65. The summed E-state index contributed by atoms with van der Waals surface area (Å²) in [6.07, 6.45) is 0. The molecule has 10 nitrogen and oxygen atoms in total. The Kier molecular flexibility index (Phi) is 2.54. The third kappa shape index (κ3) is 1.52. The van der Waals surface area contributed by atoms with E-state index in [9.17, 15) is 20.2 Å². The van der Waals surface area contributed by atoms with E-state index in [2.05, 4.69) is 4.98 Å². The van der Waals surface area contributed by atoms with Gasteiger partial charge in [0.15, 0.2) is 4.98 Å². The van der Waals surface area contributed by atoms with E-state index in [-0.39, 0.29) is 0 Å². The SMILES string of the molecule is N#[N+]c1cc([N+](=O)[O-])c([N+](=O)[O-])c(O)c1O. The number of hydrogen-bond acceptors (Lipinski definition) is 7. The van der Waals surface area contributed by atoms with E-state index in [1.54, 1.807) is 0 Å². The van der Waals surface area contributed by atoms with Gasteiger partial charge < -0.3 is 10.2 Å². The van der Waals surface area contributed by atoms with Crippen LogP contribution in [0.3, 0.4) is 0 Å². The van der Waals surface area contributed by atoms with E-state index < -0.39 is 38.4 Å². The molecule has 0 aliphatic carbocycles. The lowest BCUT2D eigenvalue weighted by Crippen LogP contribution is -1.97. The normalized spacial score (nSPS) is 9.44. The fourth-order valence-corrected chi connectivity index (χ4v) is 1.02. The first kappa shape index (κ1) is 11.1. The summed E-state index contributed by atoms with van der Waals surface area (Å²) < 4.78 is 0. The predicted octanol–water partition coefficient (Wildman–Crippen LogP) is 1.40. The van der Waals surface area contributed by atoms with Gasteiger partial charge in [0, 0.05) is 0 Å². The molecular weight excluding hydrogens is 224 g/mol. The Morgan fingerprint density at radius 1 is 1.19 bits per heavy atom. The highest BCUT2D eigenvalue weighted by molar-refractivity contribution is 5.77. The molecule has 0 unspecified atom stereocenters. The highest BCUT2D eigenvalue weighted by Crippen LogP contribution is 2.47. The van der Waals surface area contributed by atoms with E-state index in [0.29, 0.717) is 6.07 Å². The first-order valence-electron chi connectivity index (χ1n) is 3.63. The summed E-state index contributed by atoms with van der Waals surface area (Å²) in [7, 11) is 0. The highest BCUT2D eigenvalue weighted by Gasteiger charge is 2.38. The largest absolute Gasteiger partial charge is 0.499 e. The molecule has 0 radical (unpaired) electrons. The number of phenols is 2. The predicted molar refractivity (Wildman–Crippen MR) is 47.8 cm³/mol. The summed E-state index contributed by atoms with van der Waals surface area (Å²) in [5.74, 6) is -2.44. The molecule has 1 aromatic rings. The third-order valence-electron chi connectivity index (χ3n) is 1.69. The third-order valence-corrected chi connectivity index (χ3v) is 1.69. The molecule has 1 rings (SSSR count). The van der Waals surface area contributed by atoms with Gasteiger partial charge in [0.2, 0.25) is 5.39 Å². The minimum atomic E-state index is -1.33. The lowest BCUT2D eigenvalue weighted by Gasteiger charge is -1.97. The number of nitro benzene ring substituents is 2. The zero-order valence-electron chi connectivity index (χ0n) is 7.39. The maximum absolute atomic E-state index is 10.4. The van der Waals surface area contributed by atoms with Crippen molar-refractivity contribution in [3.63, 3.8) is 0 Å². The molecular formula is C6H3N4O6+. The van der Waals surface area contributed by atoms with Gasteiger partial charge in [-0.2, -0.15) is 0 Å². The van der Waals surface area contributed by atoms with Gasteiger partial charge in [0.1, 0.15) is 6.07 Å². The highest BCUT2D eigenvalue weighted by atomic mass is 16.6. The van der Waals surface area contributed by atoms with Crippen molar-refractivity contribution in [2.75, 3.05) is 0 Å². The number of rotatable bonds is 2. The second-order valence-electron chi connectivity index (χ2n) is 2.57. The smallest absolute Gasteiger partial charge is 0.437 e. The second-order valence-corrected chi connectivity index (χ2v) is 2.57. The Morgan fingerprint density at radius 3 is 2.12 bits per heavy atom. The number of phenolic OH excluding ortho intramolecular Hbond substituents is 2. The number of nitro groups is 2. The molecule has 0 aliphatic heterocycles. The molecule has 10 heteroatoms. The summed E-state index contributed by atoms with van der Waals surface area (Å²) >= 11 is 0. The van der Waals surface area contributed by atoms with Crippen LogP contribution < -0.4 is 0 Å². The molecule has 1 aromatic carbocycles. The lowest BCUT2D eigenvalue weighted by molar-refractivity contribution is -0.423. The van der Waals surface area contributed by atoms with Crippen molar-refractivity contribution in [2.45, 2.75) is 0 Å². The van der Waals surface area contributed by atoms with Crippen molar-refractivity contribution in [2.24, 2.45) is 0 Å². The summed E-state index contributed by atoms with van der Waals surface area (Å²) in [5, 5.41) is 47.5. The van der Waals surface area contributed by atoms with Crippen LogP contribution in [-0.4, -0.2) is 20.1 Å². The van der Waals surface area contributed by atoms with E-state index in [1.165, 1.54) is 0 Å². The van der Waals surface area contributed by atoms with E-state index in [4.69, 9.17) is 15.6 Å². The Labute approximate surface area is 86.3 Å². The Balaban J connectivity index is 3.73. The standard InChI is InChI=1S/C6H2N4O6/c7-8-2-1-3(9(13)14)4(10(15)16)6(12)5(2)11/h1,7H/p+1. The van der Waals surface area contributed by atoms with Gasteiger partial charge in [-0.05, 0) is 0 Å². The molecule has 0 fully saturated rings. The molecule has 0 bridgehead atoms. The van der Waals surface area contributed by atoms with Crippen molar-refractivity contribution in [3.8, 4) is 11.5 Å². The van der Waals surface area contributed by atoms with Crippen molar-refractivity contribution >= 4 is 17.1 Å². The summed E-state index contributed by atoms with van der Waals surface area (Å²) in [4.78, 5) is 20.9. The zero-order chi connectivity index (χ0) is 12.5. The molecule has 0 saturated heterocycles. The summed E-state index contributed by atoms with van der Waals surface area (Å²) in [6.45, 7) is 0. The fraction of sp³-hybridized carbons (Fsp3) is 0. The first-order valence-corrected chi connectivity index (χ1v) is 3.63. The van der Waals surface area contributed by atoms with Crippen LogP contribution >= 0.6 is 0 Å². The number of nitrogens with zero attached hydrogens (tertiary/aromatic N) is 4. The van der Waals surface area contributed by atoms with Gasteiger partial charge in [0.05, 0.1) is 9.85 Å². The van der Waals surface area contributed by atoms with E-state index in [0.717, 1.165) is 0 Å². The van der Waals surface area contributed by atoms with Crippen LogP contribution in [0.5, 0.6) is 11.5 Å². The molecule has 0 aromatic heterocycles. The number of benzene rings is 1. The van der Waals surface area contributed by atoms with E-state index >= 15 is 0 Å². The van der Waals surface area contributed by atoms with Crippen LogP contribution in [0.1, 0.15) is 0 Å². The summed E-state index contributed by atoms with van der Waals surface area (Å²) in [5.41, 5.74) is -3.10. The topological polar surface area (TPSA) is 155 Å². The van der Waals surface area contributed by atoms with Crippen LogP contribution in [0.4, 0.5) is 17.1 Å². The van der Waals surface area contributed by atoms with Crippen LogP contribution in [0.2, 0.25) is 0 Å². The van der Waals surface area contributed by atoms with Crippen molar-refractivity contribution in [1.82, 2.24) is 0 Å². The van der Waals surface area contributed by atoms with Crippen LogP contribution in [0.25, 0.3) is 4.98 Å². The van der Waals surface area contributed by atoms with Gasteiger partial charge in [-0.15, -0.1) is 0 Å². The maximum atomic E-state index is 10.4. The Hall–Kier alpha value is -2.96. The zero-order valence-corrected chi connectivity index (χ0v) is 7.39. The van der Waals surface area contributed by atoms with Crippen LogP contribution in [-0.2, 0) is 0 Å². The van der Waals surface area contributed by atoms with Gasteiger partial charge in [-0.25, -0.2) is 0 Å². The summed E-state index contributed by atoms with van der Waals surface area (Å²) in [6, 6.07) is 0.465. The fourth-order valence-electron chi connectivity index (χ4n) is 1.02. The quantitative estimate of drug-likeness (QED) is 0.334. The molecule has 0 spiro atoms. The molecule has 0 aliphatic rings. The average Bonchev–Trinajstić information content (AvgIpc) is 2.20. The average molecular weight is 227 g/mol. The minimum absolute atomic E-state index is 0.465. The number of hydrogen-bond donors (Lipinski definition) is 2. The van der Waals surface area contributed by atoms with Gasteiger partial charge in [0.25, 0.3) is 11.5 Å². The van der Waals surface area contributed by atoms with Crippen molar-refractivity contribution in [1.29, 1.82) is 5.39 Å². The van der Waals surface area contributed by atoms with Crippen molar-refractivity contribution in [3.05, 3.63) is 31.3 Å². The number of diazo groups is 1. The first-order chi connectivity index (χ1) is 7.40. The molecule has 0 atom stereocenters. The monoisotopic (exact) mass is 227 g/mol.